The maximum atomic E-state index is 11.7. The zero-order valence-corrected chi connectivity index (χ0v) is 13.7. The Morgan fingerprint density at radius 1 is 1.46 bits per heavy atom. The zero-order chi connectivity index (χ0) is 16.7. The van der Waals surface area contributed by atoms with Gasteiger partial charge < -0.3 is 15.1 Å². The summed E-state index contributed by atoms with van der Waals surface area (Å²) in [6, 6.07) is 4.33. The van der Waals surface area contributed by atoms with E-state index >= 15 is 0 Å². The number of hydrogen-bond acceptors (Lipinski definition) is 5. The van der Waals surface area contributed by atoms with Gasteiger partial charge in [0.05, 0.1) is 11.3 Å². The number of carbonyl (C=O) groups is 1. The number of nitrogens with one attached hydrogen (secondary N) is 1. The molecule has 1 spiro atoms. The second-order valence-corrected chi connectivity index (χ2v) is 7.07. The summed E-state index contributed by atoms with van der Waals surface area (Å²) in [5.41, 5.74) is 3.08. The van der Waals surface area contributed by atoms with E-state index in [0.29, 0.717) is 5.56 Å². The molecule has 0 aromatic carbocycles. The van der Waals surface area contributed by atoms with Crippen LogP contribution in [0.5, 0.6) is 0 Å². The van der Waals surface area contributed by atoms with E-state index in [1.165, 1.54) is 11.6 Å². The number of fused-ring (bicyclic) bond motifs is 1. The molecule has 1 amide bonds. The Kier molecular flexibility index (Phi) is 3.54. The first-order valence-electron chi connectivity index (χ1n) is 8.44. The molecule has 6 heteroatoms. The molecule has 2 saturated heterocycles. The van der Waals surface area contributed by atoms with Gasteiger partial charge in [-0.15, -0.1) is 0 Å². The lowest BCUT2D eigenvalue weighted by atomic mass is 9.79. The molecule has 4 heterocycles. The summed E-state index contributed by atoms with van der Waals surface area (Å²) in [5.74, 6) is 0.820. The summed E-state index contributed by atoms with van der Waals surface area (Å²) in [5, 5.41) is 12.9. The van der Waals surface area contributed by atoms with Crippen LogP contribution in [0.25, 0.3) is 0 Å². The average Bonchev–Trinajstić information content (AvgIpc) is 3.04. The molecular weight excluding hydrogens is 302 g/mol. The maximum absolute atomic E-state index is 11.7. The van der Waals surface area contributed by atoms with E-state index in [2.05, 4.69) is 22.9 Å². The van der Waals surface area contributed by atoms with Gasteiger partial charge >= 0.3 is 0 Å². The number of amides is 1. The fourth-order valence-corrected chi connectivity index (χ4v) is 4.13. The van der Waals surface area contributed by atoms with E-state index in [4.69, 9.17) is 4.98 Å². The number of nitriles is 1. The molecular formula is C18H21N5O. The van der Waals surface area contributed by atoms with Crippen molar-refractivity contribution in [3.8, 4) is 6.07 Å². The van der Waals surface area contributed by atoms with Crippen molar-refractivity contribution in [3.05, 3.63) is 35.5 Å². The molecule has 6 nitrogen and oxygen atoms in total. The van der Waals surface area contributed by atoms with Crippen LogP contribution in [0.15, 0.2) is 18.7 Å². The Bertz CT molecular complexity index is 745. The molecule has 0 unspecified atom stereocenters. The van der Waals surface area contributed by atoms with Crippen molar-refractivity contribution >= 4 is 11.7 Å². The van der Waals surface area contributed by atoms with Crippen molar-refractivity contribution in [2.75, 3.05) is 37.6 Å². The first-order valence-corrected chi connectivity index (χ1v) is 8.44. The minimum absolute atomic E-state index is 0.00905. The van der Waals surface area contributed by atoms with Crippen molar-refractivity contribution in [2.45, 2.75) is 19.4 Å². The summed E-state index contributed by atoms with van der Waals surface area (Å²) >= 11 is 0. The Balaban J connectivity index is 1.55. The van der Waals surface area contributed by atoms with Gasteiger partial charge in [0.2, 0.25) is 5.91 Å². The van der Waals surface area contributed by atoms with Crippen LogP contribution in [-0.2, 0) is 17.8 Å². The number of aromatic nitrogens is 1. The Labute approximate surface area is 141 Å². The molecule has 0 saturated carbocycles. The Morgan fingerprint density at radius 3 is 3.04 bits per heavy atom. The van der Waals surface area contributed by atoms with Gasteiger partial charge in [-0.1, -0.05) is 6.58 Å². The predicted octanol–water partition coefficient (Wildman–Crippen LogP) is 0.824. The smallest absolute Gasteiger partial charge is 0.245 e. The molecule has 0 aliphatic carbocycles. The molecule has 0 atom stereocenters. The van der Waals surface area contributed by atoms with Crippen LogP contribution in [0, 0.1) is 16.7 Å². The second kappa shape index (κ2) is 5.60. The van der Waals surface area contributed by atoms with Gasteiger partial charge in [-0.25, -0.2) is 4.98 Å². The molecule has 3 aliphatic heterocycles. The summed E-state index contributed by atoms with van der Waals surface area (Å²) < 4.78 is 0. The highest BCUT2D eigenvalue weighted by atomic mass is 16.2. The Hall–Kier alpha value is -2.39. The SMILES string of the molecule is C=CC(=O)N1CC2(CCN(c3nc4c(cc3C#N)CCNC4)C2)C1. The van der Waals surface area contributed by atoms with Gasteiger partial charge in [0.15, 0.2) is 0 Å². The molecule has 24 heavy (non-hydrogen) atoms. The van der Waals surface area contributed by atoms with E-state index in [1.54, 1.807) is 0 Å². The fraction of sp³-hybridized carbons (Fsp3) is 0.500. The zero-order valence-electron chi connectivity index (χ0n) is 13.7. The number of hydrogen-bond donors (Lipinski definition) is 1. The first kappa shape index (κ1) is 15.2. The number of likely N-dealkylation sites (tertiary alicyclic amines) is 1. The van der Waals surface area contributed by atoms with Gasteiger partial charge in [0.25, 0.3) is 0 Å². The highest BCUT2D eigenvalue weighted by Gasteiger charge is 2.49. The highest BCUT2D eigenvalue weighted by Crippen LogP contribution is 2.41. The fourth-order valence-electron chi connectivity index (χ4n) is 4.13. The molecule has 1 aromatic rings. The number of nitrogens with zero attached hydrogens (tertiary/aromatic N) is 4. The molecule has 3 aliphatic rings. The monoisotopic (exact) mass is 323 g/mol. The molecule has 0 radical (unpaired) electrons. The van der Waals surface area contributed by atoms with E-state index in [9.17, 15) is 10.1 Å². The third-order valence-electron chi connectivity index (χ3n) is 5.43. The normalized spacial score (nSPS) is 21.1. The van der Waals surface area contributed by atoms with Gasteiger partial charge in [0, 0.05) is 38.1 Å². The van der Waals surface area contributed by atoms with Crippen LogP contribution in [0.3, 0.4) is 0 Å². The summed E-state index contributed by atoms with van der Waals surface area (Å²) in [6.45, 7) is 8.58. The van der Waals surface area contributed by atoms with E-state index in [0.717, 1.165) is 63.6 Å². The first-order chi connectivity index (χ1) is 11.6. The van der Waals surface area contributed by atoms with Crippen LogP contribution in [0.4, 0.5) is 5.82 Å². The van der Waals surface area contributed by atoms with Gasteiger partial charge in [-0.2, -0.15) is 5.26 Å². The van der Waals surface area contributed by atoms with Crippen LogP contribution in [-0.4, -0.2) is 48.5 Å². The van der Waals surface area contributed by atoms with Gasteiger partial charge in [-0.05, 0) is 37.1 Å². The summed E-state index contributed by atoms with van der Waals surface area (Å²) in [7, 11) is 0. The lowest BCUT2D eigenvalue weighted by molar-refractivity contribution is -0.136. The largest absolute Gasteiger partial charge is 0.355 e. The van der Waals surface area contributed by atoms with Crippen LogP contribution >= 0.6 is 0 Å². The van der Waals surface area contributed by atoms with Crippen LogP contribution < -0.4 is 10.2 Å². The predicted molar refractivity (Wildman–Crippen MR) is 90.4 cm³/mol. The average molecular weight is 323 g/mol. The van der Waals surface area contributed by atoms with Crippen LogP contribution in [0.2, 0.25) is 0 Å². The Morgan fingerprint density at radius 2 is 2.29 bits per heavy atom. The second-order valence-electron chi connectivity index (χ2n) is 7.07. The number of pyridine rings is 1. The molecule has 4 rings (SSSR count). The van der Waals surface area contributed by atoms with Crippen LogP contribution in [0.1, 0.15) is 23.2 Å². The van der Waals surface area contributed by atoms with Crippen molar-refractivity contribution in [2.24, 2.45) is 5.41 Å². The summed E-state index contributed by atoms with van der Waals surface area (Å²) in [6.07, 6.45) is 3.35. The molecule has 1 aromatic heterocycles. The van der Waals surface area contributed by atoms with E-state index < -0.39 is 0 Å². The molecule has 124 valence electrons. The number of anilines is 1. The van der Waals surface area contributed by atoms with Gasteiger partial charge in [-0.3, -0.25) is 4.79 Å². The molecule has 1 N–H and O–H groups in total. The number of carbonyl (C=O) groups excluding carboxylic acids is 1. The van der Waals surface area contributed by atoms with Gasteiger partial charge in [0.1, 0.15) is 11.9 Å². The maximum Gasteiger partial charge on any atom is 0.245 e. The van der Waals surface area contributed by atoms with E-state index in [-0.39, 0.29) is 11.3 Å². The standard InChI is InChI=1S/C18H21N5O/c1-2-16(24)23-11-18(12-23)4-6-22(10-18)17-14(8-19)7-13-3-5-20-9-15(13)21-17/h2,7,20H,1,3-6,9-12H2. The third-order valence-corrected chi connectivity index (χ3v) is 5.43. The minimum atomic E-state index is 0.00905. The summed E-state index contributed by atoms with van der Waals surface area (Å²) in [4.78, 5) is 20.5. The third kappa shape index (κ3) is 2.36. The van der Waals surface area contributed by atoms with Crippen molar-refractivity contribution in [1.29, 1.82) is 5.26 Å². The minimum Gasteiger partial charge on any atom is -0.355 e. The quantitative estimate of drug-likeness (QED) is 0.816. The lowest BCUT2D eigenvalue weighted by Crippen LogP contribution is -2.59. The van der Waals surface area contributed by atoms with Crippen molar-refractivity contribution in [1.82, 2.24) is 15.2 Å². The lowest BCUT2D eigenvalue weighted by Gasteiger charge is -2.47. The number of rotatable bonds is 2. The van der Waals surface area contributed by atoms with Crippen molar-refractivity contribution in [3.63, 3.8) is 0 Å². The molecule has 0 bridgehead atoms. The van der Waals surface area contributed by atoms with Crippen molar-refractivity contribution < 1.29 is 4.79 Å². The topological polar surface area (TPSA) is 72.3 Å². The van der Waals surface area contributed by atoms with E-state index in [1.807, 2.05) is 11.0 Å². The highest BCUT2D eigenvalue weighted by molar-refractivity contribution is 5.87. The molecule has 2 fully saturated rings.